The van der Waals surface area contributed by atoms with Crippen LogP contribution >= 0.6 is 12.1 Å². The number of hydrogen-bond donors (Lipinski definition) is 2. The van der Waals surface area contributed by atoms with Crippen molar-refractivity contribution in [3.8, 4) is 0 Å². The molecule has 11 heavy (non-hydrogen) atoms. The summed E-state index contributed by atoms with van der Waals surface area (Å²) in [5.41, 5.74) is 7.82. The molecule has 2 aliphatic heterocycles. The summed E-state index contributed by atoms with van der Waals surface area (Å²) >= 11 is 1.56. The predicted octanol–water partition coefficient (Wildman–Crippen LogP) is 0.709. The first kappa shape index (κ1) is 6.82. The van der Waals surface area contributed by atoms with Crippen molar-refractivity contribution < 1.29 is 0 Å². The van der Waals surface area contributed by atoms with Gasteiger partial charge < -0.3 is 10.5 Å². The Kier molecular flexibility index (Phi) is 1.63. The maximum Gasteiger partial charge on any atom is 0.0726 e. The van der Waals surface area contributed by atoms with Crippen molar-refractivity contribution in [1.82, 2.24) is 9.03 Å². The lowest BCUT2D eigenvalue weighted by Crippen LogP contribution is -2.10. The Balaban J connectivity index is 2.25. The highest BCUT2D eigenvalue weighted by Gasteiger charge is 2.14. The van der Waals surface area contributed by atoms with E-state index in [1.165, 1.54) is 0 Å². The molecular weight excluding hydrogens is 158 g/mol. The lowest BCUT2D eigenvalue weighted by molar-refractivity contribution is 0.797. The summed E-state index contributed by atoms with van der Waals surface area (Å²) in [5, 5.41) is 0. The summed E-state index contributed by atoms with van der Waals surface area (Å²) in [6, 6.07) is 0. The Labute approximate surface area is 69.9 Å². The zero-order valence-corrected chi connectivity index (χ0v) is 6.77. The highest BCUT2D eigenvalue weighted by Crippen LogP contribution is 2.26. The van der Waals surface area contributed by atoms with Crippen LogP contribution in [0.15, 0.2) is 35.8 Å². The molecule has 0 unspecified atom stereocenters. The van der Waals surface area contributed by atoms with E-state index in [9.17, 15) is 0 Å². The van der Waals surface area contributed by atoms with Gasteiger partial charge in [-0.25, -0.2) is 0 Å². The summed E-state index contributed by atoms with van der Waals surface area (Å²) in [7, 11) is 0. The first-order valence-electron chi connectivity index (χ1n) is 3.41. The number of hydrogen-bond acceptors (Lipinski definition) is 4. The highest BCUT2D eigenvalue weighted by atomic mass is 32.2. The van der Waals surface area contributed by atoms with Crippen molar-refractivity contribution >= 4 is 12.1 Å². The Morgan fingerprint density at radius 2 is 2.55 bits per heavy atom. The molecule has 0 spiro atoms. The van der Waals surface area contributed by atoms with E-state index >= 15 is 0 Å². The maximum absolute atomic E-state index is 5.49. The molecule has 3 nitrogen and oxygen atoms in total. The van der Waals surface area contributed by atoms with Gasteiger partial charge in [0, 0.05) is 18.9 Å². The quantitative estimate of drug-likeness (QED) is 0.564. The average molecular weight is 167 g/mol. The molecule has 0 saturated heterocycles. The molecule has 0 radical (unpaired) electrons. The minimum atomic E-state index is 0.604. The van der Waals surface area contributed by atoms with Gasteiger partial charge in [-0.2, -0.15) is 0 Å². The second kappa shape index (κ2) is 2.64. The SMILES string of the molecule is NCC1=CC2=CNSN2C=C1. The Morgan fingerprint density at radius 1 is 1.64 bits per heavy atom. The molecule has 2 heterocycles. The van der Waals surface area contributed by atoms with Crippen LogP contribution in [0.1, 0.15) is 0 Å². The fraction of sp³-hybridized carbons (Fsp3) is 0.143. The molecule has 2 rings (SSSR count). The first-order valence-corrected chi connectivity index (χ1v) is 4.18. The van der Waals surface area contributed by atoms with Gasteiger partial charge in [0.05, 0.1) is 17.8 Å². The topological polar surface area (TPSA) is 41.3 Å². The molecule has 0 atom stereocenters. The summed E-state index contributed by atoms with van der Waals surface area (Å²) in [4.78, 5) is 0. The molecular formula is C7H9N3S. The van der Waals surface area contributed by atoms with Crippen LogP contribution in [0.3, 0.4) is 0 Å². The van der Waals surface area contributed by atoms with Gasteiger partial charge in [-0.05, 0) is 17.7 Å². The molecule has 0 fully saturated rings. The van der Waals surface area contributed by atoms with Gasteiger partial charge in [-0.1, -0.05) is 0 Å². The molecule has 0 aromatic carbocycles. The van der Waals surface area contributed by atoms with Crippen LogP contribution in [-0.4, -0.2) is 10.8 Å². The second-order valence-corrected chi connectivity index (χ2v) is 3.15. The van der Waals surface area contributed by atoms with Crippen molar-refractivity contribution in [2.24, 2.45) is 5.73 Å². The van der Waals surface area contributed by atoms with Crippen LogP contribution in [0.2, 0.25) is 0 Å². The van der Waals surface area contributed by atoms with Gasteiger partial charge in [0.25, 0.3) is 0 Å². The molecule has 0 aromatic heterocycles. The third-order valence-corrected chi connectivity index (χ3v) is 2.36. The Morgan fingerprint density at radius 3 is 3.36 bits per heavy atom. The molecule has 0 saturated carbocycles. The molecule has 4 heteroatoms. The van der Waals surface area contributed by atoms with Crippen LogP contribution in [0.4, 0.5) is 0 Å². The monoisotopic (exact) mass is 167 g/mol. The zero-order chi connectivity index (χ0) is 7.68. The first-order chi connectivity index (χ1) is 5.40. The van der Waals surface area contributed by atoms with Gasteiger partial charge in [0.2, 0.25) is 0 Å². The summed E-state index contributed by atoms with van der Waals surface area (Å²) in [6.07, 6.45) is 8.08. The third kappa shape index (κ3) is 1.15. The summed E-state index contributed by atoms with van der Waals surface area (Å²) in [5.74, 6) is 0. The van der Waals surface area contributed by atoms with E-state index in [4.69, 9.17) is 5.73 Å². The van der Waals surface area contributed by atoms with E-state index < -0.39 is 0 Å². The zero-order valence-electron chi connectivity index (χ0n) is 5.95. The van der Waals surface area contributed by atoms with E-state index in [-0.39, 0.29) is 0 Å². The van der Waals surface area contributed by atoms with Crippen molar-refractivity contribution in [3.05, 3.63) is 35.8 Å². The van der Waals surface area contributed by atoms with Gasteiger partial charge >= 0.3 is 0 Å². The van der Waals surface area contributed by atoms with Crippen molar-refractivity contribution in [1.29, 1.82) is 0 Å². The third-order valence-electron chi connectivity index (χ3n) is 1.61. The average Bonchev–Trinajstić information content (AvgIpc) is 2.50. The molecule has 0 bridgehead atoms. The number of nitrogens with two attached hydrogens (primary N) is 1. The van der Waals surface area contributed by atoms with Gasteiger partial charge in [0.1, 0.15) is 0 Å². The normalized spacial score (nSPS) is 20.6. The minimum absolute atomic E-state index is 0.604. The largest absolute Gasteiger partial charge is 0.326 e. The van der Waals surface area contributed by atoms with Gasteiger partial charge in [-0.3, -0.25) is 4.31 Å². The van der Waals surface area contributed by atoms with Crippen LogP contribution in [-0.2, 0) is 0 Å². The van der Waals surface area contributed by atoms with Crippen molar-refractivity contribution in [2.75, 3.05) is 6.54 Å². The standard InChI is InChI=1S/C7H9N3S/c8-4-6-1-2-10-7(3-6)5-9-11-10/h1-3,5,9H,4,8H2. The summed E-state index contributed by atoms with van der Waals surface area (Å²) in [6.45, 7) is 0.604. The summed E-state index contributed by atoms with van der Waals surface area (Å²) < 4.78 is 5.11. The van der Waals surface area contributed by atoms with E-state index in [1.54, 1.807) is 12.1 Å². The Bertz CT molecular complexity index is 254. The van der Waals surface area contributed by atoms with Crippen LogP contribution in [0.5, 0.6) is 0 Å². The fourth-order valence-electron chi connectivity index (χ4n) is 1.01. The molecule has 0 amide bonds. The highest BCUT2D eigenvalue weighted by molar-refractivity contribution is 7.95. The lowest BCUT2D eigenvalue weighted by Gasteiger charge is -2.16. The van der Waals surface area contributed by atoms with E-state index in [1.807, 2.05) is 18.5 Å². The van der Waals surface area contributed by atoms with Crippen LogP contribution < -0.4 is 10.5 Å². The molecule has 2 aliphatic rings. The number of rotatable bonds is 1. The predicted molar refractivity (Wildman–Crippen MR) is 46.9 cm³/mol. The Hall–Kier alpha value is -0.870. The van der Waals surface area contributed by atoms with Crippen LogP contribution in [0, 0.1) is 0 Å². The van der Waals surface area contributed by atoms with E-state index in [0.29, 0.717) is 6.54 Å². The minimum Gasteiger partial charge on any atom is -0.326 e. The molecule has 3 N–H and O–H groups in total. The van der Waals surface area contributed by atoms with E-state index in [0.717, 1.165) is 11.3 Å². The lowest BCUT2D eigenvalue weighted by atomic mass is 10.2. The van der Waals surface area contributed by atoms with Gasteiger partial charge in [0.15, 0.2) is 0 Å². The van der Waals surface area contributed by atoms with Crippen LogP contribution in [0.25, 0.3) is 0 Å². The number of nitrogens with zero attached hydrogens (tertiary/aromatic N) is 1. The number of fused-ring (bicyclic) bond motifs is 1. The van der Waals surface area contributed by atoms with Gasteiger partial charge in [-0.15, -0.1) is 0 Å². The molecule has 0 aromatic rings. The number of nitrogens with one attached hydrogen (secondary N) is 1. The van der Waals surface area contributed by atoms with Crippen molar-refractivity contribution in [3.63, 3.8) is 0 Å². The molecule has 58 valence electrons. The van der Waals surface area contributed by atoms with E-state index in [2.05, 4.69) is 15.1 Å². The second-order valence-electron chi connectivity index (χ2n) is 2.34. The smallest absolute Gasteiger partial charge is 0.0726 e. The molecule has 0 aliphatic carbocycles. The fourth-order valence-corrected chi connectivity index (χ4v) is 1.63. The number of allylic oxidation sites excluding steroid dienone is 1. The van der Waals surface area contributed by atoms with Crippen molar-refractivity contribution in [2.45, 2.75) is 0 Å². The maximum atomic E-state index is 5.49.